The maximum Gasteiger partial charge on any atom is 0.224 e. The van der Waals surface area contributed by atoms with Gasteiger partial charge in [-0.1, -0.05) is 38.1 Å². The van der Waals surface area contributed by atoms with E-state index in [9.17, 15) is 18.7 Å². The van der Waals surface area contributed by atoms with Gasteiger partial charge in [0.05, 0.1) is 25.2 Å². The number of nitrogens with one attached hydrogen (secondary N) is 2. The molecule has 0 saturated carbocycles. The number of halogens is 2. The van der Waals surface area contributed by atoms with Gasteiger partial charge in [0.25, 0.3) is 0 Å². The third-order valence-electron chi connectivity index (χ3n) is 5.15. The highest BCUT2D eigenvalue weighted by Gasteiger charge is 2.23. The largest absolute Gasteiger partial charge is 0.395 e. The van der Waals surface area contributed by atoms with E-state index in [0.29, 0.717) is 11.5 Å². The molecule has 0 saturated heterocycles. The van der Waals surface area contributed by atoms with Gasteiger partial charge in [0.2, 0.25) is 5.91 Å². The summed E-state index contributed by atoms with van der Waals surface area (Å²) in [6.07, 6.45) is -0.838. The Balaban J connectivity index is 2.09. The quantitative estimate of drug-likeness (QED) is 0.438. The molecule has 170 valence electrons. The van der Waals surface area contributed by atoms with Gasteiger partial charge in [-0.05, 0) is 48.1 Å². The minimum atomic E-state index is -1.02. The van der Waals surface area contributed by atoms with Crippen molar-refractivity contribution in [2.24, 2.45) is 0 Å². The smallest absolute Gasteiger partial charge is 0.224 e. The molecule has 0 fully saturated rings. The molecule has 0 heterocycles. The van der Waals surface area contributed by atoms with E-state index < -0.39 is 23.8 Å². The first-order chi connectivity index (χ1) is 14.7. The number of carbonyl (C=O) groups is 1. The number of amides is 1. The lowest BCUT2D eigenvalue weighted by atomic mass is 9.99. The standard InChI is InChI=1S/C24H32F2N2O3/c1-15(2)19-6-4-17(5-7-19)11-24(31)28-22(23(30)13-27-16(3)14-29)10-18-8-20(25)12-21(26)9-18/h4-9,12,15-16,22-23,27,29-30H,10-11,13-14H2,1-3H3,(H,28,31). The SMILES string of the molecule is CC(CO)NCC(O)C(Cc1cc(F)cc(F)c1)NC(=O)Cc1ccc(C(C)C)cc1. The molecule has 2 rings (SSSR count). The van der Waals surface area contributed by atoms with Crippen molar-refractivity contribution in [3.05, 3.63) is 70.8 Å². The van der Waals surface area contributed by atoms with E-state index in [1.54, 1.807) is 6.92 Å². The van der Waals surface area contributed by atoms with E-state index >= 15 is 0 Å². The highest BCUT2D eigenvalue weighted by Crippen LogP contribution is 2.16. The summed E-state index contributed by atoms with van der Waals surface area (Å²) in [4.78, 5) is 12.6. The zero-order valence-electron chi connectivity index (χ0n) is 18.2. The summed E-state index contributed by atoms with van der Waals surface area (Å²) in [6.45, 7) is 5.94. The molecule has 0 aliphatic heterocycles. The number of hydrogen-bond donors (Lipinski definition) is 4. The van der Waals surface area contributed by atoms with Crippen LogP contribution < -0.4 is 10.6 Å². The van der Waals surface area contributed by atoms with Crippen molar-refractivity contribution in [1.29, 1.82) is 0 Å². The molecule has 3 atom stereocenters. The fourth-order valence-corrected chi connectivity index (χ4v) is 3.26. The van der Waals surface area contributed by atoms with Crippen molar-refractivity contribution in [3.8, 4) is 0 Å². The molecule has 2 aromatic rings. The van der Waals surface area contributed by atoms with Gasteiger partial charge in [0.15, 0.2) is 0 Å². The number of rotatable bonds is 11. The molecular formula is C24H32F2N2O3. The Hall–Kier alpha value is -2.35. The van der Waals surface area contributed by atoms with Crippen LogP contribution in [0.2, 0.25) is 0 Å². The second kappa shape index (κ2) is 11.9. The fourth-order valence-electron chi connectivity index (χ4n) is 3.26. The van der Waals surface area contributed by atoms with Crippen LogP contribution in [0.5, 0.6) is 0 Å². The summed E-state index contributed by atoms with van der Waals surface area (Å²) in [5.74, 6) is -1.34. The Morgan fingerprint density at radius 1 is 1.00 bits per heavy atom. The highest BCUT2D eigenvalue weighted by atomic mass is 19.1. The first-order valence-electron chi connectivity index (χ1n) is 10.5. The number of hydrogen-bond acceptors (Lipinski definition) is 4. The molecule has 4 N–H and O–H groups in total. The van der Waals surface area contributed by atoms with Crippen LogP contribution in [0.3, 0.4) is 0 Å². The van der Waals surface area contributed by atoms with Gasteiger partial charge in [0, 0.05) is 18.7 Å². The van der Waals surface area contributed by atoms with E-state index in [1.807, 2.05) is 24.3 Å². The summed E-state index contributed by atoms with van der Waals surface area (Å²) >= 11 is 0. The number of aliphatic hydroxyl groups is 2. The van der Waals surface area contributed by atoms with Crippen molar-refractivity contribution in [3.63, 3.8) is 0 Å². The number of carbonyl (C=O) groups excluding carboxylic acids is 1. The molecule has 31 heavy (non-hydrogen) atoms. The van der Waals surface area contributed by atoms with Gasteiger partial charge in [-0.15, -0.1) is 0 Å². The normalized spacial score (nSPS) is 14.3. The van der Waals surface area contributed by atoms with E-state index in [0.717, 1.165) is 11.6 Å². The molecule has 0 bridgehead atoms. The minimum Gasteiger partial charge on any atom is -0.395 e. The lowest BCUT2D eigenvalue weighted by Gasteiger charge is -2.26. The Kier molecular flexibility index (Phi) is 9.55. The zero-order chi connectivity index (χ0) is 23.0. The van der Waals surface area contributed by atoms with Crippen LogP contribution in [-0.2, 0) is 17.6 Å². The van der Waals surface area contributed by atoms with Gasteiger partial charge in [-0.2, -0.15) is 0 Å². The summed E-state index contributed by atoms with van der Waals surface area (Å²) in [5, 5.41) is 25.5. The van der Waals surface area contributed by atoms with Crippen LogP contribution in [0.25, 0.3) is 0 Å². The lowest BCUT2D eigenvalue weighted by molar-refractivity contribution is -0.122. The molecule has 3 unspecified atom stereocenters. The molecule has 5 nitrogen and oxygen atoms in total. The van der Waals surface area contributed by atoms with Crippen LogP contribution >= 0.6 is 0 Å². The van der Waals surface area contributed by atoms with Crippen molar-refractivity contribution >= 4 is 5.91 Å². The number of benzene rings is 2. The monoisotopic (exact) mass is 434 g/mol. The summed E-state index contributed by atoms with van der Waals surface area (Å²) in [7, 11) is 0. The molecule has 7 heteroatoms. The molecule has 0 aliphatic rings. The second-order valence-corrected chi connectivity index (χ2v) is 8.29. The van der Waals surface area contributed by atoms with Crippen molar-refractivity contribution < 1.29 is 23.8 Å². The molecule has 0 spiro atoms. The van der Waals surface area contributed by atoms with Crippen molar-refractivity contribution in [2.75, 3.05) is 13.2 Å². The topological polar surface area (TPSA) is 81.6 Å². The third kappa shape index (κ3) is 8.36. The van der Waals surface area contributed by atoms with Crippen LogP contribution in [0.1, 0.15) is 43.4 Å². The van der Waals surface area contributed by atoms with Gasteiger partial charge in [-0.3, -0.25) is 4.79 Å². The predicted octanol–water partition coefficient (Wildman–Crippen LogP) is 2.69. The first kappa shape index (κ1) is 24.9. The molecule has 1 amide bonds. The highest BCUT2D eigenvalue weighted by molar-refractivity contribution is 5.79. The molecule has 0 aliphatic carbocycles. The average molecular weight is 435 g/mol. The summed E-state index contributed by atoms with van der Waals surface area (Å²) in [6, 6.07) is 9.90. The molecule has 2 aromatic carbocycles. The maximum absolute atomic E-state index is 13.6. The molecular weight excluding hydrogens is 402 g/mol. The third-order valence-corrected chi connectivity index (χ3v) is 5.15. The van der Waals surface area contributed by atoms with E-state index in [1.165, 1.54) is 17.7 Å². The van der Waals surface area contributed by atoms with Gasteiger partial charge >= 0.3 is 0 Å². The first-order valence-corrected chi connectivity index (χ1v) is 10.5. The minimum absolute atomic E-state index is 0.0586. The van der Waals surface area contributed by atoms with Crippen LogP contribution in [0, 0.1) is 11.6 Å². The van der Waals surface area contributed by atoms with Crippen LogP contribution in [-0.4, -0.2) is 47.5 Å². The second-order valence-electron chi connectivity index (χ2n) is 8.29. The van der Waals surface area contributed by atoms with Gasteiger partial charge in [0.1, 0.15) is 11.6 Å². The van der Waals surface area contributed by atoms with E-state index in [4.69, 9.17) is 5.11 Å². The van der Waals surface area contributed by atoms with Gasteiger partial charge in [-0.25, -0.2) is 8.78 Å². The zero-order valence-corrected chi connectivity index (χ0v) is 18.2. The average Bonchev–Trinajstić information content (AvgIpc) is 2.70. The van der Waals surface area contributed by atoms with Crippen molar-refractivity contribution in [1.82, 2.24) is 10.6 Å². The van der Waals surface area contributed by atoms with E-state index in [-0.39, 0.29) is 37.9 Å². The van der Waals surface area contributed by atoms with E-state index in [2.05, 4.69) is 24.5 Å². The maximum atomic E-state index is 13.6. The molecule has 0 aromatic heterocycles. The Morgan fingerprint density at radius 3 is 2.16 bits per heavy atom. The summed E-state index contributed by atoms with van der Waals surface area (Å²) in [5.41, 5.74) is 2.34. The number of aliphatic hydroxyl groups excluding tert-OH is 2. The molecule has 0 radical (unpaired) electrons. The Morgan fingerprint density at radius 2 is 1.61 bits per heavy atom. The van der Waals surface area contributed by atoms with Crippen LogP contribution in [0.15, 0.2) is 42.5 Å². The predicted molar refractivity (Wildman–Crippen MR) is 117 cm³/mol. The van der Waals surface area contributed by atoms with Gasteiger partial charge < -0.3 is 20.8 Å². The van der Waals surface area contributed by atoms with Crippen LogP contribution in [0.4, 0.5) is 8.78 Å². The Labute approximate surface area is 182 Å². The fraction of sp³-hybridized carbons (Fsp3) is 0.458. The lowest BCUT2D eigenvalue weighted by Crippen LogP contribution is -2.50. The summed E-state index contributed by atoms with van der Waals surface area (Å²) < 4.78 is 27.2. The Bertz CT molecular complexity index is 823. The van der Waals surface area contributed by atoms with Crippen molar-refractivity contribution in [2.45, 2.75) is 57.7 Å².